The van der Waals surface area contributed by atoms with Crippen molar-refractivity contribution in [1.82, 2.24) is 9.71 Å². The minimum absolute atomic E-state index is 0.0135. The molecule has 0 amide bonds. The lowest BCUT2D eigenvalue weighted by Crippen LogP contribution is -2.28. The molecule has 0 aliphatic carbocycles. The van der Waals surface area contributed by atoms with Crippen molar-refractivity contribution in [2.75, 3.05) is 12.4 Å². The molecule has 19 heavy (non-hydrogen) atoms. The van der Waals surface area contributed by atoms with Crippen molar-refractivity contribution in [3.63, 3.8) is 0 Å². The lowest BCUT2D eigenvalue weighted by Gasteiger charge is -2.14. The molecule has 0 saturated heterocycles. The van der Waals surface area contributed by atoms with Gasteiger partial charge in [0.15, 0.2) is 5.03 Å². The van der Waals surface area contributed by atoms with E-state index in [0.29, 0.717) is 5.69 Å². The van der Waals surface area contributed by atoms with E-state index in [1.54, 1.807) is 19.2 Å². The van der Waals surface area contributed by atoms with Gasteiger partial charge in [-0.05, 0) is 41.4 Å². The van der Waals surface area contributed by atoms with Crippen LogP contribution in [0, 0.1) is 0 Å². The van der Waals surface area contributed by atoms with Crippen molar-refractivity contribution in [3.05, 3.63) is 40.7 Å². The van der Waals surface area contributed by atoms with E-state index in [4.69, 9.17) is 0 Å². The van der Waals surface area contributed by atoms with Crippen LogP contribution in [-0.4, -0.2) is 20.4 Å². The second-order valence-electron chi connectivity index (χ2n) is 4.01. The monoisotopic (exact) mass is 297 g/mol. The van der Waals surface area contributed by atoms with Crippen molar-refractivity contribution in [3.8, 4) is 0 Å². The highest BCUT2D eigenvalue weighted by Gasteiger charge is 2.22. The molecular formula is C12H15N3O2S2. The standard InChI is InChI=1S/C12H15N3O2S2/c1-9(10-5-7-18-8-10)15-19(16,17)12-11(13-2)4-3-6-14-12/h3-9,13,15H,1-2H3. The van der Waals surface area contributed by atoms with Crippen LogP contribution in [0.5, 0.6) is 0 Å². The highest BCUT2D eigenvalue weighted by molar-refractivity contribution is 7.89. The molecule has 2 aromatic heterocycles. The Hall–Kier alpha value is -1.44. The Balaban J connectivity index is 2.28. The molecule has 5 nitrogen and oxygen atoms in total. The number of sulfonamides is 1. The molecule has 0 bridgehead atoms. The molecule has 0 saturated carbocycles. The van der Waals surface area contributed by atoms with Crippen LogP contribution in [0.3, 0.4) is 0 Å². The summed E-state index contributed by atoms with van der Waals surface area (Å²) in [5, 5.41) is 6.68. The average Bonchev–Trinajstić information content (AvgIpc) is 2.92. The van der Waals surface area contributed by atoms with Crippen LogP contribution >= 0.6 is 11.3 Å². The zero-order chi connectivity index (χ0) is 13.9. The summed E-state index contributed by atoms with van der Waals surface area (Å²) in [7, 11) is -1.98. The molecule has 0 aliphatic rings. The Morgan fingerprint density at radius 1 is 1.37 bits per heavy atom. The Labute approximate surface area is 116 Å². The van der Waals surface area contributed by atoms with Gasteiger partial charge in [-0.25, -0.2) is 18.1 Å². The summed E-state index contributed by atoms with van der Waals surface area (Å²) >= 11 is 1.53. The molecule has 0 aromatic carbocycles. The fraction of sp³-hybridized carbons (Fsp3) is 0.250. The Morgan fingerprint density at radius 2 is 2.16 bits per heavy atom. The molecule has 2 rings (SSSR count). The van der Waals surface area contributed by atoms with Crippen LogP contribution in [-0.2, 0) is 10.0 Å². The number of hydrogen-bond donors (Lipinski definition) is 2. The predicted octanol–water partition coefficient (Wildman–Crippen LogP) is 2.22. The minimum atomic E-state index is -3.65. The van der Waals surface area contributed by atoms with Crippen LogP contribution in [0.15, 0.2) is 40.2 Å². The average molecular weight is 297 g/mol. The van der Waals surface area contributed by atoms with Gasteiger partial charge in [0, 0.05) is 19.3 Å². The summed E-state index contributed by atoms with van der Waals surface area (Å²) < 4.78 is 27.2. The largest absolute Gasteiger partial charge is 0.386 e. The van der Waals surface area contributed by atoms with E-state index in [2.05, 4.69) is 15.0 Å². The lowest BCUT2D eigenvalue weighted by atomic mass is 10.2. The van der Waals surface area contributed by atoms with Crippen molar-refractivity contribution >= 4 is 27.0 Å². The first kappa shape index (κ1) is 14.0. The van der Waals surface area contributed by atoms with E-state index in [1.165, 1.54) is 17.5 Å². The summed E-state index contributed by atoms with van der Waals surface area (Å²) in [6, 6.07) is 4.97. The third-order valence-electron chi connectivity index (χ3n) is 2.67. The van der Waals surface area contributed by atoms with Gasteiger partial charge in [-0.15, -0.1) is 0 Å². The lowest BCUT2D eigenvalue weighted by molar-refractivity contribution is 0.564. The van der Waals surface area contributed by atoms with Crippen LogP contribution in [0.2, 0.25) is 0 Å². The summed E-state index contributed by atoms with van der Waals surface area (Å²) in [5.41, 5.74) is 1.42. The summed E-state index contributed by atoms with van der Waals surface area (Å²) in [4.78, 5) is 3.95. The number of rotatable bonds is 5. The summed E-state index contributed by atoms with van der Waals surface area (Å²) in [6.45, 7) is 1.81. The molecule has 1 atom stereocenters. The first-order valence-corrected chi connectivity index (χ1v) is 8.14. The zero-order valence-corrected chi connectivity index (χ0v) is 12.3. The maximum absolute atomic E-state index is 12.3. The molecule has 0 radical (unpaired) electrons. The Bertz CT molecular complexity index is 639. The van der Waals surface area contributed by atoms with E-state index in [1.807, 2.05) is 23.8 Å². The molecule has 0 spiro atoms. The third-order valence-corrected chi connectivity index (χ3v) is 4.87. The molecule has 7 heteroatoms. The van der Waals surface area contributed by atoms with E-state index < -0.39 is 10.0 Å². The molecule has 102 valence electrons. The van der Waals surface area contributed by atoms with Gasteiger partial charge >= 0.3 is 0 Å². The molecular weight excluding hydrogens is 282 g/mol. The highest BCUT2D eigenvalue weighted by atomic mass is 32.2. The minimum Gasteiger partial charge on any atom is -0.386 e. The van der Waals surface area contributed by atoms with Crippen LogP contribution in [0.1, 0.15) is 18.5 Å². The molecule has 2 N–H and O–H groups in total. The summed E-state index contributed by atoms with van der Waals surface area (Å²) in [5.74, 6) is 0. The number of anilines is 1. The zero-order valence-electron chi connectivity index (χ0n) is 10.6. The molecule has 2 aromatic rings. The number of thiophene rings is 1. The molecule has 0 aliphatic heterocycles. The van der Waals surface area contributed by atoms with Gasteiger partial charge in [0.1, 0.15) is 0 Å². The van der Waals surface area contributed by atoms with Gasteiger partial charge < -0.3 is 5.32 Å². The maximum atomic E-state index is 12.3. The fourth-order valence-corrected chi connectivity index (χ4v) is 3.80. The van der Waals surface area contributed by atoms with E-state index >= 15 is 0 Å². The number of hydrogen-bond acceptors (Lipinski definition) is 5. The smallest absolute Gasteiger partial charge is 0.260 e. The van der Waals surface area contributed by atoms with E-state index in [0.717, 1.165) is 5.56 Å². The van der Waals surface area contributed by atoms with Gasteiger partial charge in [-0.3, -0.25) is 0 Å². The van der Waals surface area contributed by atoms with Crippen molar-refractivity contribution in [1.29, 1.82) is 0 Å². The van der Waals surface area contributed by atoms with Crippen molar-refractivity contribution in [2.45, 2.75) is 18.0 Å². The second kappa shape index (κ2) is 5.68. The predicted molar refractivity (Wildman–Crippen MR) is 76.8 cm³/mol. The number of nitrogens with one attached hydrogen (secondary N) is 2. The number of aromatic nitrogens is 1. The molecule has 1 unspecified atom stereocenters. The van der Waals surface area contributed by atoms with Crippen LogP contribution < -0.4 is 10.0 Å². The van der Waals surface area contributed by atoms with Gasteiger partial charge in [0.05, 0.1) is 5.69 Å². The topological polar surface area (TPSA) is 71.1 Å². The van der Waals surface area contributed by atoms with Gasteiger partial charge in [-0.2, -0.15) is 11.3 Å². The molecule has 2 heterocycles. The van der Waals surface area contributed by atoms with Crippen LogP contribution in [0.25, 0.3) is 0 Å². The third kappa shape index (κ3) is 3.12. The SMILES string of the molecule is CNc1cccnc1S(=O)(=O)NC(C)c1ccsc1. The van der Waals surface area contributed by atoms with E-state index in [-0.39, 0.29) is 11.1 Å². The summed E-state index contributed by atoms with van der Waals surface area (Å²) in [6.07, 6.45) is 1.46. The van der Waals surface area contributed by atoms with Gasteiger partial charge in [-0.1, -0.05) is 0 Å². The number of nitrogens with zero attached hydrogens (tertiary/aromatic N) is 1. The molecule has 0 fully saturated rings. The second-order valence-corrected chi connectivity index (χ2v) is 6.42. The highest BCUT2D eigenvalue weighted by Crippen LogP contribution is 2.21. The van der Waals surface area contributed by atoms with Crippen molar-refractivity contribution < 1.29 is 8.42 Å². The van der Waals surface area contributed by atoms with E-state index in [9.17, 15) is 8.42 Å². The van der Waals surface area contributed by atoms with Gasteiger partial charge in [0.2, 0.25) is 0 Å². The quantitative estimate of drug-likeness (QED) is 0.888. The van der Waals surface area contributed by atoms with Crippen molar-refractivity contribution in [2.24, 2.45) is 0 Å². The fourth-order valence-electron chi connectivity index (χ4n) is 1.67. The normalized spacial score (nSPS) is 13.2. The van der Waals surface area contributed by atoms with Gasteiger partial charge in [0.25, 0.3) is 10.0 Å². The van der Waals surface area contributed by atoms with Crippen LogP contribution in [0.4, 0.5) is 5.69 Å². The number of pyridine rings is 1. The first-order valence-electron chi connectivity index (χ1n) is 5.72. The first-order chi connectivity index (χ1) is 9.04. The Kier molecular flexibility index (Phi) is 4.18. The maximum Gasteiger partial charge on any atom is 0.260 e. The Morgan fingerprint density at radius 3 is 2.79 bits per heavy atom.